The highest BCUT2D eigenvalue weighted by Crippen LogP contribution is 2.38. The molecule has 7 heteroatoms. The number of aryl methyl sites for hydroxylation is 1. The number of aromatic hydroxyl groups is 1. The lowest BCUT2D eigenvalue weighted by Crippen LogP contribution is -2.28. The fraction of sp³-hybridized carbons (Fsp3) is 0.333. The largest absolute Gasteiger partial charge is 0.506 e. The summed E-state index contributed by atoms with van der Waals surface area (Å²) in [7, 11) is 0. The number of aliphatic hydroxyl groups excluding tert-OH is 1. The van der Waals surface area contributed by atoms with Crippen LogP contribution in [0.1, 0.15) is 33.4 Å². The molecular weight excluding hydrogens is 266 g/mol. The highest BCUT2D eigenvalue weighted by atomic mass is 32.1. The summed E-state index contributed by atoms with van der Waals surface area (Å²) in [5.41, 5.74) is 7.18. The molecule has 0 radical (unpaired) electrons. The Morgan fingerprint density at radius 1 is 1.53 bits per heavy atom. The molecule has 0 fully saturated rings. The molecule has 1 aliphatic rings. The molecule has 2 aromatic heterocycles. The van der Waals surface area contributed by atoms with E-state index in [-0.39, 0.29) is 18.4 Å². The van der Waals surface area contributed by atoms with Crippen LogP contribution in [0.25, 0.3) is 0 Å². The maximum Gasteiger partial charge on any atom is 0.142 e. The molecule has 0 bridgehead atoms. The van der Waals surface area contributed by atoms with Crippen molar-refractivity contribution in [1.82, 2.24) is 15.4 Å². The number of nitrogens with one attached hydrogen (secondary N) is 1. The summed E-state index contributed by atoms with van der Waals surface area (Å²) in [4.78, 5) is 14.6. The Balaban J connectivity index is 2.16. The summed E-state index contributed by atoms with van der Waals surface area (Å²) in [5.74, 6) is 0.0777. The van der Waals surface area contributed by atoms with Crippen LogP contribution in [0.4, 0.5) is 0 Å². The van der Waals surface area contributed by atoms with E-state index in [1.54, 1.807) is 18.6 Å². The van der Waals surface area contributed by atoms with Gasteiger partial charge in [-0.3, -0.25) is 9.82 Å². The Morgan fingerprint density at radius 2 is 2.37 bits per heavy atom. The number of fused-ring (bicyclic) bond motifs is 1. The molecule has 0 aliphatic carbocycles. The molecule has 1 unspecified atom stereocenters. The van der Waals surface area contributed by atoms with Crippen LogP contribution >= 0.6 is 11.3 Å². The van der Waals surface area contributed by atoms with E-state index < -0.39 is 0 Å². The number of hydroxylamine groups is 1. The summed E-state index contributed by atoms with van der Waals surface area (Å²) in [6.07, 6.45) is 1.57. The van der Waals surface area contributed by atoms with Crippen LogP contribution in [0.5, 0.6) is 5.75 Å². The molecule has 0 amide bonds. The number of pyridine rings is 1. The van der Waals surface area contributed by atoms with Crippen LogP contribution in [0.2, 0.25) is 0 Å². The average molecular weight is 279 g/mol. The normalized spacial score (nSPS) is 18.3. The van der Waals surface area contributed by atoms with Gasteiger partial charge in [0, 0.05) is 17.3 Å². The summed E-state index contributed by atoms with van der Waals surface area (Å²) >= 11 is 1.50. The Kier molecular flexibility index (Phi) is 3.19. The zero-order valence-electron chi connectivity index (χ0n) is 10.3. The van der Waals surface area contributed by atoms with Crippen molar-refractivity contribution >= 4 is 11.3 Å². The van der Waals surface area contributed by atoms with Gasteiger partial charge in [0.25, 0.3) is 0 Å². The molecule has 19 heavy (non-hydrogen) atoms. The van der Waals surface area contributed by atoms with Crippen LogP contribution in [0, 0.1) is 6.92 Å². The van der Waals surface area contributed by atoms with Gasteiger partial charge < -0.3 is 10.2 Å². The minimum atomic E-state index is -0.333. The molecule has 3 N–H and O–H groups in total. The second-order valence-corrected chi connectivity index (χ2v) is 5.18. The van der Waals surface area contributed by atoms with Crippen LogP contribution in [0.15, 0.2) is 11.7 Å². The predicted octanol–water partition coefficient (Wildman–Crippen LogP) is 1.17. The van der Waals surface area contributed by atoms with Crippen molar-refractivity contribution < 1.29 is 15.1 Å². The fourth-order valence-corrected chi connectivity index (χ4v) is 3.00. The maximum atomic E-state index is 10.2. The molecule has 0 saturated carbocycles. The molecule has 2 aromatic rings. The van der Waals surface area contributed by atoms with Gasteiger partial charge in [0.2, 0.25) is 0 Å². The molecule has 1 atom stereocenters. The van der Waals surface area contributed by atoms with Crippen molar-refractivity contribution in [3.63, 3.8) is 0 Å². The molecule has 100 valence electrons. The Hall–Kier alpha value is -1.54. The third-order valence-electron chi connectivity index (χ3n) is 3.16. The average Bonchev–Trinajstić information content (AvgIpc) is 2.90. The topological polar surface area (TPSA) is 87.5 Å². The van der Waals surface area contributed by atoms with Crippen LogP contribution in [-0.2, 0) is 18.1 Å². The summed E-state index contributed by atoms with van der Waals surface area (Å²) < 4.78 is 0. The highest BCUT2D eigenvalue weighted by Gasteiger charge is 2.29. The van der Waals surface area contributed by atoms with Gasteiger partial charge in [-0.1, -0.05) is 0 Å². The van der Waals surface area contributed by atoms with Gasteiger partial charge in [-0.2, -0.15) is 5.48 Å². The molecule has 0 saturated heterocycles. The van der Waals surface area contributed by atoms with E-state index in [0.29, 0.717) is 23.4 Å². The maximum absolute atomic E-state index is 10.2. The van der Waals surface area contributed by atoms with Gasteiger partial charge in [0.05, 0.1) is 34.4 Å². The molecule has 1 aliphatic heterocycles. The van der Waals surface area contributed by atoms with E-state index in [1.807, 2.05) is 0 Å². The first kappa shape index (κ1) is 12.5. The number of rotatable bonds is 2. The quantitative estimate of drug-likeness (QED) is 0.765. The zero-order valence-corrected chi connectivity index (χ0v) is 11.1. The second-order valence-electron chi connectivity index (χ2n) is 4.29. The lowest BCUT2D eigenvalue weighted by molar-refractivity contribution is -0.00367. The number of hydrogen-bond acceptors (Lipinski definition) is 7. The second kappa shape index (κ2) is 4.86. The summed E-state index contributed by atoms with van der Waals surface area (Å²) in [6.45, 7) is 1.92. The Morgan fingerprint density at radius 3 is 3.16 bits per heavy atom. The third-order valence-corrected chi connectivity index (χ3v) is 4.10. The summed E-state index contributed by atoms with van der Waals surface area (Å²) in [6, 6.07) is -0.333. The first-order chi connectivity index (χ1) is 9.22. The monoisotopic (exact) mass is 279 g/mol. The molecule has 3 heterocycles. The van der Waals surface area contributed by atoms with E-state index in [9.17, 15) is 10.2 Å². The smallest absolute Gasteiger partial charge is 0.142 e. The van der Waals surface area contributed by atoms with Crippen molar-refractivity contribution in [3.05, 3.63) is 39.1 Å². The molecule has 0 aromatic carbocycles. The van der Waals surface area contributed by atoms with Gasteiger partial charge in [-0.25, -0.2) is 4.98 Å². The van der Waals surface area contributed by atoms with Crippen LogP contribution in [-0.4, -0.2) is 20.2 Å². The predicted molar refractivity (Wildman–Crippen MR) is 68.4 cm³/mol. The SMILES string of the molecule is Cc1ncc(CO)c(C2NOCc3ncsc32)c1O. The van der Waals surface area contributed by atoms with E-state index >= 15 is 0 Å². The number of aromatic nitrogens is 2. The van der Waals surface area contributed by atoms with Gasteiger partial charge >= 0.3 is 0 Å². The molecule has 6 nitrogen and oxygen atoms in total. The first-order valence-electron chi connectivity index (χ1n) is 5.80. The van der Waals surface area contributed by atoms with Crippen molar-refractivity contribution in [3.8, 4) is 5.75 Å². The molecule has 3 rings (SSSR count). The molecular formula is C12H13N3O3S. The Labute approximate surface area is 113 Å². The van der Waals surface area contributed by atoms with Crippen molar-refractivity contribution in [2.75, 3.05) is 0 Å². The van der Waals surface area contributed by atoms with E-state index in [0.717, 1.165) is 10.6 Å². The van der Waals surface area contributed by atoms with Gasteiger partial charge in [0.1, 0.15) is 12.4 Å². The van der Waals surface area contributed by atoms with Crippen LogP contribution in [0.3, 0.4) is 0 Å². The van der Waals surface area contributed by atoms with E-state index in [4.69, 9.17) is 4.84 Å². The standard InChI is InChI=1S/C12H13N3O3S/c1-6-11(17)9(7(3-16)2-13-6)10-12-8(4-18-15-10)14-5-19-12/h2,5,10,15-17H,3-4H2,1H3. The Bertz CT molecular complexity index is 614. The van der Waals surface area contributed by atoms with Gasteiger partial charge in [-0.05, 0) is 6.92 Å². The van der Waals surface area contributed by atoms with E-state index in [2.05, 4.69) is 15.4 Å². The fourth-order valence-electron chi connectivity index (χ4n) is 2.16. The number of nitrogens with zero attached hydrogens (tertiary/aromatic N) is 2. The summed E-state index contributed by atoms with van der Waals surface area (Å²) in [5, 5.41) is 19.7. The van der Waals surface area contributed by atoms with Crippen molar-refractivity contribution in [2.45, 2.75) is 26.2 Å². The lowest BCUT2D eigenvalue weighted by atomic mass is 9.98. The minimum Gasteiger partial charge on any atom is -0.506 e. The zero-order chi connectivity index (χ0) is 13.4. The lowest BCUT2D eigenvalue weighted by Gasteiger charge is -2.25. The third kappa shape index (κ3) is 2.00. The van der Waals surface area contributed by atoms with Crippen molar-refractivity contribution in [2.24, 2.45) is 0 Å². The molecule has 0 spiro atoms. The highest BCUT2D eigenvalue weighted by molar-refractivity contribution is 7.09. The van der Waals surface area contributed by atoms with Gasteiger partial charge in [-0.15, -0.1) is 11.3 Å². The van der Waals surface area contributed by atoms with E-state index in [1.165, 1.54) is 11.3 Å². The number of aliphatic hydroxyl groups is 1. The number of hydrogen-bond donors (Lipinski definition) is 3. The van der Waals surface area contributed by atoms with Crippen molar-refractivity contribution in [1.29, 1.82) is 0 Å². The number of thiazole rings is 1. The first-order valence-corrected chi connectivity index (χ1v) is 6.68. The van der Waals surface area contributed by atoms with Gasteiger partial charge in [0.15, 0.2) is 0 Å². The minimum absolute atomic E-state index is 0.0777. The van der Waals surface area contributed by atoms with Crippen LogP contribution < -0.4 is 5.48 Å².